The van der Waals surface area contributed by atoms with Crippen molar-refractivity contribution in [2.45, 2.75) is 37.5 Å². The van der Waals surface area contributed by atoms with Gasteiger partial charge in [0.2, 0.25) is 5.91 Å². The number of rotatable bonds is 6. The van der Waals surface area contributed by atoms with Crippen molar-refractivity contribution in [1.82, 2.24) is 25.1 Å². The molecule has 1 N–H and O–H groups in total. The number of pyridine rings is 1. The number of thioether (sulfide) groups is 1. The number of hydrogen-bond acceptors (Lipinski definition) is 5. The summed E-state index contributed by atoms with van der Waals surface area (Å²) in [5, 5.41) is 12.4. The number of benzene rings is 1. The standard InChI is InChI=1S/C20H21N5OS/c1-2-25-19(16-8-5-9-21-12-16)23-24-20(25)27-13-18(26)22-17-10-14-6-3-4-7-15(14)11-17/h3-9,12,17H,2,10-11,13H2,1H3,(H,22,26). The van der Waals surface area contributed by atoms with Gasteiger partial charge in [-0.15, -0.1) is 10.2 Å². The van der Waals surface area contributed by atoms with Crippen LogP contribution in [0.1, 0.15) is 18.1 Å². The van der Waals surface area contributed by atoms with Gasteiger partial charge < -0.3 is 9.88 Å². The Morgan fingerprint density at radius 3 is 2.63 bits per heavy atom. The monoisotopic (exact) mass is 379 g/mol. The van der Waals surface area contributed by atoms with E-state index in [0.717, 1.165) is 35.9 Å². The highest BCUT2D eigenvalue weighted by molar-refractivity contribution is 7.99. The van der Waals surface area contributed by atoms with Crippen molar-refractivity contribution in [2.75, 3.05) is 5.75 Å². The summed E-state index contributed by atoms with van der Waals surface area (Å²) in [5.41, 5.74) is 3.59. The minimum Gasteiger partial charge on any atom is -0.352 e. The number of carbonyl (C=O) groups is 1. The predicted octanol–water partition coefficient (Wildman–Crippen LogP) is 2.74. The smallest absolute Gasteiger partial charge is 0.230 e. The summed E-state index contributed by atoms with van der Waals surface area (Å²) < 4.78 is 2.01. The highest BCUT2D eigenvalue weighted by atomic mass is 32.2. The van der Waals surface area contributed by atoms with Crippen molar-refractivity contribution >= 4 is 17.7 Å². The highest BCUT2D eigenvalue weighted by Crippen LogP contribution is 2.24. The molecule has 0 radical (unpaired) electrons. The topological polar surface area (TPSA) is 72.7 Å². The van der Waals surface area contributed by atoms with E-state index in [2.05, 4.69) is 44.8 Å². The van der Waals surface area contributed by atoms with Crippen molar-refractivity contribution in [3.05, 3.63) is 59.9 Å². The average Bonchev–Trinajstić information content (AvgIpc) is 3.29. The van der Waals surface area contributed by atoms with E-state index >= 15 is 0 Å². The zero-order valence-electron chi connectivity index (χ0n) is 15.1. The van der Waals surface area contributed by atoms with Gasteiger partial charge in [-0.3, -0.25) is 9.78 Å². The van der Waals surface area contributed by atoms with Crippen LogP contribution in [0, 0.1) is 0 Å². The predicted molar refractivity (Wildman–Crippen MR) is 105 cm³/mol. The first kappa shape index (κ1) is 17.7. The van der Waals surface area contributed by atoms with Crippen LogP contribution in [-0.2, 0) is 24.2 Å². The van der Waals surface area contributed by atoms with Crippen molar-refractivity contribution in [1.29, 1.82) is 0 Å². The fourth-order valence-electron chi connectivity index (χ4n) is 3.45. The van der Waals surface area contributed by atoms with E-state index in [1.165, 1.54) is 22.9 Å². The molecule has 0 aliphatic heterocycles. The van der Waals surface area contributed by atoms with Gasteiger partial charge in [-0.1, -0.05) is 36.0 Å². The third-order valence-electron chi connectivity index (χ3n) is 4.70. The van der Waals surface area contributed by atoms with Gasteiger partial charge in [0.15, 0.2) is 11.0 Å². The second-order valence-corrected chi connectivity index (χ2v) is 7.46. The number of nitrogens with one attached hydrogen (secondary N) is 1. The number of nitrogens with zero attached hydrogens (tertiary/aromatic N) is 4. The van der Waals surface area contributed by atoms with E-state index in [4.69, 9.17) is 0 Å². The fourth-order valence-corrected chi connectivity index (χ4v) is 4.26. The molecular formula is C20H21N5OS. The molecule has 0 saturated carbocycles. The lowest BCUT2D eigenvalue weighted by Gasteiger charge is -2.12. The molecule has 6 nitrogen and oxygen atoms in total. The molecule has 1 amide bonds. The van der Waals surface area contributed by atoms with Crippen LogP contribution in [0.2, 0.25) is 0 Å². The first-order valence-electron chi connectivity index (χ1n) is 9.07. The highest BCUT2D eigenvalue weighted by Gasteiger charge is 2.22. The van der Waals surface area contributed by atoms with E-state index in [0.29, 0.717) is 5.75 Å². The molecule has 1 aromatic carbocycles. The van der Waals surface area contributed by atoms with Gasteiger partial charge in [0.25, 0.3) is 0 Å². The van der Waals surface area contributed by atoms with Gasteiger partial charge in [0, 0.05) is 30.5 Å². The quantitative estimate of drug-likeness (QED) is 0.667. The molecule has 1 aliphatic carbocycles. The van der Waals surface area contributed by atoms with E-state index < -0.39 is 0 Å². The van der Waals surface area contributed by atoms with Crippen LogP contribution < -0.4 is 5.32 Å². The SMILES string of the molecule is CCn1c(SCC(=O)NC2Cc3ccccc3C2)nnc1-c1cccnc1. The maximum absolute atomic E-state index is 12.4. The average molecular weight is 379 g/mol. The van der Waals surface area contributed by atoms with Crippen LogP contribution in [0.5, 0.6) is 0 Å². The van der Waals surface area contributed by atoms with Gasteiger partial charge in [0.05, 0.1) is 5.75 Å². The zero-order valence-corrected chi connectivity index (χ0v) is 15.9. The Kier molecular flexibility index (Phi) is 5.20. The van der Waals surface area contributed by atoms with Crippen LogP contribution in [-0.4, -0.2) is 37.5 Å². The molecule has 0 unspecified atom stereocenters. The Bertz CT molecular complexity index is 916. The van der Waals surface area contributed by atoms with Crippen molar-refractivity contribution < 1.29 is 4.79 Å². The van der Waals surface area contributed by atoms with Crippen molar-refractivity contribution in [3.63, 3.8) is 0 Å². The van der Waals surface area contributed by atoms with Crippen LogP contribution in [0.4, 0.5) is 0 Å². The van der Waals surface area contributed by atoms with Gasteiger partial charge in [-0.05, 0) is 43.0 Å². The van der Waals surface area contributed by atoms with E-state index in [9.17, 15) is 4.79 Å². The molecule has 0 fully saturated rings. The summed E-state index contributed by atoms with van der Waals surface area (Å²) >= 11 is 1.42. The molecule has 1 aliphatic rings. The van der Waals surface area contributed by atoms with Crippen molar-refractivity contribution in [3.8, 4) is 11.4 Å². The Labute approximate surface area is 162 Å². The van der Waals surface area contributed by atoms with Gasteiger partial charge in [0.1, 0.15) is 0 Å². The van der Waals surface area contributed by atoms with Crippen LogP contribution >= 0.6 is 11.8 Å². The minimum absolute atomic E-state index is 0.0337. The summed E-state index contributed by atoms with van der Waals surface area (Å²) in [5.74, 6) is 1.14. The third kappa shape index (κ3) is 3.88. The summed E-state index contributed by atoms with van der Waals surface area (Å²) in [4.78, 5) is 16.5. The molecule has 0 saturated heterocycles. The molecule has 138 valence electrons. The Morgan fingerprint density at radius 2 is 1.96 bits per heavy atom. The first-order chi connectivity index (χ1) is 13.2. The molecule has 27 heavy (non-hydrogen) atoms. The van der Waals surface area contributed by atoms with Crippen LogP contribution in [0.15, 0.2) is 53.9 Å². The molecule has 3 aromatic rings. The lowest BCUT2D eigenvalue weighted by atomic mass is 10.1. The Balaban J connectivity index is 1.37. The molecule has 7 heteroatoms. The van der Waals surface area contributed by atoms with Gasteiger partial charge in [-0.2, -0.15) is 0 Å². The number of amides is 1. The summed E-state index contributed by atoms with van der Waals surface area (Å²) in [6.45, 7) is 2.78. The molecular weight excluding hydrogens is 358 g/mol. The fraction of sp³-hybridized carbons (Fsp3) is 0.300. The molecule has 4 rings (SSSR count). The summed E-state index contributed by atoms with van der Waals surface area (Å²) in [6, 6.07) is 12.4. The third-order valence-corrected chi connectivity index (χ3v) is 5.67. The van der Waals surface area contributed by atoms with Gasteiger partial charge in [-0.25, -0.2) is 0 Å². The zero-order chi connectivity index (χ0) is 18.6. The maximum Gasteiger partial charge on any atom is 0.230 e. The maximum atomic E-state index is 12.4. The second kappa shape index (κ2) is 7.92. The number of carbonyl (C=O) groups excluding carboxylic acids is 1. The number of fused-ring (bicyclic) bond motifs is 1. The van der Waals surface area contributed by atoms with Crippen LogP contribution in [0.3, 0.4) is 0 Å². The summed E-state index contributed by atoms with van der Waals surface area (Å²) in [6.07, 6.45) is 5.32. The van der Waals surface area contributed by atoms with Crippen molar-refractivity contribution in [2.24, 2.45) is 0 Å². The number of hydrogen-bond donors (Lipinski definition) is 1. The van der Waals surface area contributed by atoms with E-state index in [1.54, 1.807) is 12.4 Å². The first-order valence-corrected chi connectivity index (χ1v) is 10.1. The molecule has 2 heterocycles. The van der Waals surface area contributed by atoms with E-state index in [-0.39, 0.29) is 11.9 Å². The second-order valence-electron chi connectivity index (χ2n) is 6.52. The Hall–Kier alpha value is -2.67. The molecule has 0 atom stereocenters. The van der Waals surface area contributed by atoms with Crippen LogP contribution in [0.25, 0.3) is 11.4 Å². The molecule has 0 spiro atoms. The molecule has 2 aromatic heterocycles. The lowest BCUT2D eigenvalue weighted by molar-refractivity contribution is -0.119. The Morgan fingerprint density at radius 1 is 1.19 bits per heavy atom. The minimum atomic E-state index is 0.0337. The number of aromatic nitrogens is 4. The van der Waals surface area contributed by atoms with Gasteiger partial charge >= 0.3 is 0 Å². The van der Waals surface area contributed by atoms with E-state index in [1.807, 2.05) is 23.6 Å². The normalized spacial score (nSPS) is 13.5. The summed E-state index contributed by atoms with van der Waals surface area (Å²) in [7, 11) is 0. The largest absolute Gasteiger partial charge is 0.352 e. The molecule has 0 bridgehead atoms. The lowest BCUT2D eigenvalue weighted by Crippen LogP contribution is -2.36.